The van der Waals surface area contributed by atoms with Gasteiger partial charge in [-0.1, -0.05) is 60.8 Å². The first kappa shape index (κ1) is 19.1. The lowest BCUT2D eigenvalue weighted by molar-refractivity contribution is 0.156. The molecule has 2 nitrogen and oxygen atoms in total. The molecule has 0 atom stereocenters. The van der Waals surface area contributed by atoms with Gasteiger partial charge in [0.2, 0.25) is 0 Å². The first-order valence-electron chi connectivity index (χ1n) is 11.3. The predicted octanol–water partition coefficient (Wildman–Crippen LogP) is 8.07. The second kappa shape index (κ2) is 8.44. The fourth-order valence-electron chi connectivity index (χ4n) is 5.05. The predicted molar refractivity (Wildman–Crippen MR) is 121 cm³/mol. The molecule has 29 heavy (non-hydrogen) atoms. The van der Waals surface area contributed by atoms with Crippen LogP contribution in [0.4, 0.5) is 0 Å². The molecule has 0 spiro atoms. The minimum atomic E-state index is 0.275. The number of fused-ring (bicyclic) bond motifs is 2. The monoisotopic (exact) mass is 408 g/mol. The molecule has 3 aromatic carbocycles. The summed E-state index contributed by atoms with van der Waals surface area (Å²) >= 11 is 6.76. The molecule has 0 heterocycles. The SMILES string of the molecule is Clc1cccc2c(OC3CCCCC3)c3ccccc3c(OC3CCCCC3)c12. The highest BCUT2D eigenvalue weighted by molar-refractivity contribution is 6.37. The highest BCUT2D eigenvalue weighted by Crippen LogP contribution is 2.47. The molecule has 3 aromatic rings. The van der Waals surface area contributed by atoms with Crippen LogP contribution in [0.2, 0.25) is 5.02 Å². The summed E-state index contributed by atoms with van der Waals surface area (Å²) in [6.07, 6.45) is 12.7. The standard InChI is InChI=1S/C26H29ClO2/c27-23-17-9-16-22-24(23)26(29-19-12-5-2-6-13-19)21-15-8-7-14-20(21)25(22)28-18-10-3-1-4-11-18/h7-9,14-19H,1-6,10-13H2. The molecule has 2 aliphatic rings. The summed E-state index contributed by atoms with van der Waals surface area (Å²) in [5, 5.41) is 5.08. The highest BCUT2D eigenvalue weighted by Gasteiger charge is 2.24. The second-order valence-electron chi connectivity index (χ2n) is 8.62. The summed E-state index contributed by atoms with van der Waals surface area (Å²) in [5.74, 6) is 1.91. The normalized spacial score (nSPS) is 18.9. The van der Waals surface area contributed by atoms with Crippen molar-refractivity contribution in [2.24, 2.45) is 0 Å². The summed E-state index contributed by atoms with van der Waals surface area (Å²) in [6, 6.07) is 14.6. The Bertz CT molecular complexity index is 1000. The minimum Gasteiger partial charge on any atom is -0.489 e. The van der Waals surface area contributed by atoms with Gasteiger partial charge in [0.25, 0.3) is 0 Å². The van der Waals surface area contributed by atoms with Crippen molar-refractivity contribution in [3.05, 3.63) is 47.5 Å². The molecule has 0 unspecified atom stereocenters. The summed E-state index contributed by atoms with van der Waals surface area (Å²) in [6.45, 7) is 0. The molecular formula is C26H29ClO2. The van der Waals surface area contributed by atoms with E-state index in [-0.39, 0.29) is 6.10 Å². The van der Waals surface area contributed by atoms with E-state index in [9.17, 15) is 0 Å². The van der Waals surface area contributed by atoms with E-state index in [1.165, 1.54) is 38.5 Å². The van der Waals surface area contributed by atoms with Crippen molar-refractivity contribution in [1.82, 2.24) is 0 Å². The number of ether oxygens (including phenoxy) is 2. The number of benzene rings is 3. The van der Waals surface area contributed by atoms with Gasteiger partial charge in [-0.25, -0.2) is 0 Å². The van der Waals surface area contributed by atoms with Crippen molar-refractivity contribution in [1.29, 1.82) is 0 Å². The first-order chi connectivity index (χ1) is 14.3. The quantitative estimate of drug-likeness (QED) is 0.406. The van der Waals surface area contributed by atoms with E-state index in [0.29, 0.717) is 6.10 Å². The molecule has 0 bridgehead atoms. The van der Waals surface area contributed by atoms with Crippen LogP contribution in [0.1, 0.15) is 64.2 Å². The Hall–Kier alpha value is -1.93. The maximum Gasteiger partial charge on any atom is 0.137 e. The van der Waals surface area contributed by atoms with Gasteiger partial charge in [-0.3, -0.25) is 0 Å². The van der Waals surface area contributed by atoms with Gasteiger partial charge in [-0.15, -0.1) is 0 Å². The summed E-state index contributed by atoms with van der Waals surface area (Å²) in [5.41, 5.74) is 0. The summed E-state index contributed by atoms with van der Waals surface area (Å²) in [7, 11) is 0. The van der Waals surface area contributed by atoms with Gasteiger partial charge in [-0.05, 0) is 57.4 Å². The van der Waals surface area contributed by atoms with Crippen LogP contribution in [-0.4, -0.2) is 12.2 Å². The van der Waals surface area contributed by atoms with Crippen molar-refractivity contribution in [2.45, 2.75) is 76.4 Å². The van der Waals surface area contributed by atoms with E-state index in [4.69, 9.17) is 21.1 Å². The van der Waals surface area contributed by atoms with E-state index >= 15 is 0 Å². The molecule has 5 rings (SSSR count). The van der Waals surface area contributed by atoms with Gasteiger partial charge in [0, 0.05) is 21.5 Å². The lowest BCUT2D eigenvalue weighted by Crippen LogP contribution is -2.21. The molecule has 3 heteroatoms. The molecule has 0 aromatic heterocycles. The Morgan fingerprint density at radius 3 is 1.72 bits per heavy atom. The maximum atomic E-state index is 6.76. The van der Waals surface area contributed by atoms with E-state index < -0.39 is 0 Å². The van der Waals surface area contributed by atoms with E-state index in [1.54, 1.807) is 0 Å². The first-order valence-corrected chi connectivity index (χ1v) is 11.7. The van der Waals surface area contributed by atoms with E-state index in [0.717, 1.165) is 63.7 Å². The molecule has 0 radical (unpaired) electrons. The zero-order valence-corrected chi connectivity index (χ0v) is 17.7. The Morgan fingerprint density at radius 2 is 1.10 bits per heavy atom. The van der Waals surface area contributed by atoms with Crippen LogP contribution in [0, 0.1) is 0 Å². The zero-order valence-electron chi connectivity index (χ0n) is 17.0. The number of hydrogen-bond acceptors (Lipinski definition) is 2. The van der Waals surface area contributed by atoms with Crippen LogP contribution >= 0.6 is 11.6 Å². The fourth-order valence-corrected chi connectivity index (χ4v) is 5.31. The molecule has 2 aliphatic carbocycles. The molecule has 0 saturated heterocycles. The smallest absolute Gasteiger partial charge is 0.137 e. The molecule has 2 saturated carbocycles. The van der Waals surface area contributed by atoms with Gasteiger partial charge < -0.3 is 9.47 Å². The third kappa shape index (κ3) is 3.80. The Labute approximate surface area is 178 Å². The Balaban J connectivity index is 1.68. The number of halogens is 1. The van der Waals surface area contributed by atoms with Gasteiger partial charge in [0.15, 0.2) is 0 Å². The van der Waals surface area contributed by atoms with Crippen molar-refractivity contribution >= 4 is 33.1 Å². The average molecular weight is 409 g/mol. The maximum absolute atomic E-state index is 6.76. The van der Waals surface area contributed by atoms with Crippen LogP contribution in [0.5, 0.6) is 11.5 Å². The van der Waals surface area contributed by atoms with Crippen LogP contribution in [-0.2, 0) is 0 Å². The van der Waals surface area contributed by atoms with Gasteiger partial charge in [0.05, 0.1) is 17.2 Å². The summed E-state index contributed by atoms with van der Waals surface area (Å²) in [4.78, 5) is 0. The third-order valence-electron chi connectivity index (χ3n) is 6.58. The van der Waals surface area contributed by atoms with Crippen LogP contribution in [0.25, 0.3) is 21.5 Å². The van der Waals surface area contributed by atoms with E-state index in [1.807, 2.05) is 12.1 Å². The lowest BCUT2D eigenvalue weighted by Gasteiger charge is -2.28. The van der Waals surface area contributed by atoms with Crippen molar-refractivity contribution in [3.63, 3.8) is 0 Å². The molecule has 152 valence electrons. The third-order valence-corrected chi connectivity index (χ3v) is 6.89. The second-order valence-corrected chi connectivity index (χ2v) is 9.03. The Morgan fingerprint density at radius 1 is 0.586 bits per heavy atom. The molecule has 0 N–H and O–H groups in total. The van der Waals surface area contributed by atoms with Gasteiger partial charge >= 0.3 is 0 Å². The molecular weight excluding hydrogens is 380 g/mol. The molecule has 2 fully saturated rings. The van der Waals surface area contributed by atoms with Crippen molar-refractivity contribution in [2.75, 3.05) is 0 Å². The molecule has 0 aliphatic heterocycles. The average Bonchev–Trinajstić information content (AvgIpc) is 2.77. The molecule has 0 amide bonds. The topological polar surface area (TPSA) is 18.5 Å². The number of rotatable bonds is 4. The Kier molecular flexibility index (Phi) is 5.54. The fraction of sp³-hybridized carbons (Fsp3) is 0.462. The lowest BCUT2D eigenvalue weighted by atomic mass is 9.96. The van der Waals surface area contributed by atoms with Crippen LogP contribution in [0.3, 0.4) is 0 Å². The minimum absolute atomic E-state index is 0.275. The van der Waals surface area contributed by atoms with Crippen molar-refractivity contribution < 1.29 is 9.47 Å². The van der Waals surface area contributed by atoms with E-state index in [2.05, 4.69) is 30.3 Å². The summed E-state index contributed by atoms with van der Waals surface area (Å²) < 4.78 is 13.3. The van der Waals surface area contributed by atoms with Crippen LogP contribution < -0.4 is 9.47 Å². The zero-order chi connectivity index (χ0) is 19.6. The van der Waals surface area contributed by atoms with Gasteiger partial charge in [-0.2, -0.15) is 0 Å². The highest BCUT2D eigenvalue weighted by atomic mass is 35.5. The largest absolute Gasteiger partial charge is 0.489 e. The van der Waals surface area contributed by atoms with Crippen molar-refractivity contribution in [3.8, 4) is 11.5 Å². The van der Waals surface area contributed by atoms with Crippen LogP contribution in [0.15, 0.2) is 42.5 Å². The van der Waals surface area contributed by atoms with Gasteiger partial charge in [0.1, 0.15) is 11.5 Å². The number of hydrogen-bond donors (Lipinski definition) is 0.